The van der Waals surface area contributed by atoms with Crippen LogP contribution in [0.1, 0.15) is 37.2 Å². The Morgan fingerprint density at radius 3 is 2.89 bits per heavy atom. The van der Waals surface area contributed by atoms with Crippen LogP contribution in [-0.2, 0) is 6.42 Å². The molecule has 1 aromatic heterocycles. The van der Waals surface area contributed by atoms with Crippen LogP contribution in [0.5, 0.6) is 0 Å². The summed E-state index contributed by atoms with van der Waals surface area (Å²) in [4.78, 5) is 4.58. The van der Waals surface area contributed by atoms with Crippen LogP contribution in [0.25, 0.3) is 0 Å². The lowest BCUT2D eigenvalue weighted by Crippen LogP contribution is -2.29. The molecule has 4 nitrogen and oxygen atoms in total. The van der Waals surface area contributed by atoms with E-state index in [0.717, 1.165) is 30.3 Å². The Kier molecular flexibility index (Phi) is 6.04. The quantitative estimate of drug-likeness (QED) is 0.872. The lowest BCUT2D eigenvalue weighted by molar-refractivity contribution is 0.342. The van der Waals surface area contributed by atoms with Crippen LogP contribution in [0.3, 0.4) is 0 Å². The van der Waals surface area contributed by atoms with Gasteiger partial charge >= 0.3 is 0 Å². The van der Waals surface area contributed by atoms with E-state index < -0.39 is 0 Å². The zero-order valence-corrected chi connectivity index (χ0v) is 13.5. The highest BCUT2D eigenvalue weighted by atomic mass is 32.2. The first kappa shape index (κ1) is 15.2. The topological polar surface area (TPSA) is 51.0 Å². The Bertz CT molecular complexity index is 378. The van der Waals surface area contributed by atoms with Crippen LogP contribution in [0.15, 0.2) is 4.52 Å². The monoisotopic (exact) mass is 301 g/mol. The van der Waals surface area contributed by atoms with Crippen molar-refractivity contribution in [2.45, 2.75) is 38.0 Å². The van der Waals surface area contributed by atoms with Crippen molar-refractivity contribution in [3.8, 4) is 0 Å². The molecule has 0 radical (unpaired) electrons. The Hall–Kier alpha value is -0.200. The highest BCUT2D eigenvalue weighted by Crippen LogP contribution is 2.35. The van der Waals surface area contributed by atoms with E-state index in [2.05, 4.69) is 29.3 Å². The minimum Gasteiger partial charge on any atom is -0.339 e. The first-order valence-corrected chi connectivity index (χ1v) is 9.08. The van der Waals surface area contributed by atoms with Crippen molar-refractivity contribution in [1.29, 1.82) is 0 Å². The summed E-state index contributed by atoms with van der Waals surface area (Å²) in [6.07, 6.45) is 1.95. The van der Waals surface area contributed by atoms with Gasteiger partial charge in [0.1, 0.15) is 0 Å². The third-order valence-corrected chi connectivity index (χ3v) is 5.92. The summed E-state index contributed by atoms with van der Waals surface area (Å²) in [6, 6.07) is 0.418. The maximum Gasteiger partial charge on any atom is 0.228 e. The molecule has 0 saturated carbocycles. The fraction of sp³-hybridized carbons (Fsp3) is 0.846. The molecule has 0 amide bonds. The van der Waals surface area contributed by atoms with Gasteiger partial charge in [0.2, 0.25) is 5.89 Å². The minimum atomic E-state index is 0.411. The molecule has 2 heterocycles. The van der Waals surface area contributed by atoms with Gasteiger partial charge in [-0.15, -0.1) is 11.8 Å². The maximum atomic E-state index is 5.41. The van der Waals surface area contributed by atoms with Crippen molar-refractivity contribution < 1.29 is 4.52 Å². The first-order chi connectivity index (χ1) is 9.19. The van der Waals surface area contributed by atoms with Crippen LogP contribution in [-0.4, -0.2) is 40.5 Å². The van der Waals surface area contributed by atoms with Crippen molar-refractivity contribution >= 4 is 23.5 Å². The molecule has 108 valence electrons. The largest absolute Gasteiger partial charge is 0.339 e. The van der Waals surface area contributed by atoms with Crippen LogP contribution in [0, 0.1) is 5.92 Å². The first-order valence-electron chi connectivity index (χ1n) is 6.88. The van der Waals surface area contributed by atoms with Crippen LogP contribution >= 0.6 is 23.5 Å². The molecule has 6 heteroatoms. The average molecular weight is 301 g/mol. The van der Waals surface area contributed by atoms with Gasteiger partial charge < -0.3 is 9.84 Å². The summed E-state index contributed by atoms with van der Waals surface area (Å²) in [5.41, 5.74) is 0. The van der Waals surface area contributed by atoms with Gasteiger partial charge in [0, 0.05) is 29.7 Å². The molecule has 19 heavy (non-hydrogen) atoms. The summed E-state index contributed by atoms with van der Waals surface area (Å²) in [5.74, 6) is 5.85. The van der Waals surface area contributed by atoms with Gasteiger partial charge in [-0.1, -0.05) is 19.0 Å². The summed E-state index contributed by atoms with van der Waals surface area (Å²) in [5, 5.41) is 7.90. The number of aromatic nitrogens is 2. The molecule has 1 aromatic rings. The van der Waals surface area contributed by atoms with Crippen molar-refractivity contribution in [3.63, 3.8) is 0 Å². The van der Waals surface area contributed by atoms with E-state index in [0.29, 0.717) is 17.2 Å². The van der Waals surface area contributed by atoms with Crippen molar-refractivity contribution in [2.75, 3.05) is 24.3 Å². The molecule has 1 fully saturated rings. The van der Waals surface area contributed by atoms with Gasteiger partial charge in [-0.2, -0.15) is 16.7 Å². The molecule has 2 unspecified atom stereocenters. The highest BCUT2D eigenvalue weighted by Gasteiger charge is 2.22. The zero-order valence-electron chi connectivity index (χ0n) is 11.9. The Morgan fingerprint density at radius 2 is 2.26 bits per heavy atom. The highest BCUT2D eigenvalue weighted by molar-refractivity contribution is 8.06. The molecule has 0 aromatic carbocycles. The zero-order chi connectivity index (χ0) is 13.7. The molecule has 0 aliphatic carbocycles. The van der Waals surface area contributed by atoms with Gasteiger partial charge in [-0.3, -0.25) is 0 Å². The lowest BCUT2D eigenvalue weighted by atomic mass is 10.0. The number of likely N-dealkylation sites (N-methyl/N-ethyl adjacent to an activating group) is 1. The Labute approximate surface area is 123 Å². The van der Waals surface area contributed by atoms with Gasteiger partial charge in [0.05, 0.1) is 5.25 Å². The van der Waals surface area contributed by atoms with Crippen LogP contribution in [0.2, 0.25) is 0 Å². The number of rotatable bonds is 6. The molecular formula is C13H23N3OS2. The van der Waals surface area contributed by atoms with E-state index >= 15 is 0 Å². The standard InChI is InChI=1S/C13H23N3OS2/c1-9(2)6-10(14-3)7-12-15-13(16-17-12)11-8-18-4-5-19-11/h9-11,14H,4-8H2,1-3H3. The molecule has 1 N–H and O–H groups in total. The van der Waals surface area contributed by atoms with E-state index in [1.54, 1.807) is 0 Å². The third-order valence-electron chi connectivity index (χ3n) is 3.17. The predicted molar refractivity (Wildman–Crippen MR) is 82.8 cm³/mol. The molecule has 0 bridgehead atoms. The normalized spacial score (nSPS) is 21.8. The third kappa shape index (κ3) is 4.68. The number of thioether (sulfide) groups is 2. The maximum absolute atomic E-state index is 5.41. The number of hydrogen-bond acceptors (Lipinski definition) is 6. The van der Waals surface area contributed by atoms with Gasteiger partial charge in [0.25, 0.3) is 0 Å². The number of nitrogens with one attached hydrogen (secondary N) is 1. The second kappa shape index (κ2) is 7.55. The van der Waals surface area contributed by atoms with E-state index in [-0.39, 0.29) is 0 Å². The van der Waals surface area contributed by atoms with E-state index in [1.165, 1.54) is 11.5 Å². The van der Waals surface area contributed by atoms with Crippen molar-refractivity contribution in [1.82, 2.24) is 15.5 Å². The van der Waals surface area contributed by atoms with E-state index in [1.807, 2.05) is 30.6 Å². The molecule has 1 aliphatic heterocycles. The van der Waals surface area contributed by atoms with Crippen LogP contribution in [0.4, 0.5) is 0 Å². The molecule has 2 rings (SSSR count). The predicted octanol–water partition coefficient (Wildman–Crippen LogP) is 2.77. The SMILES string of the molecule is CNC(Cc1nc(C2CSCCS2)no1)CC(C)C. The molecule has 1 aliphatic rings. The average Bonchev–Trinajstić information content (AvgIpc) is 2.87. The number of hydrogen-bond donors (Lipinski definition) is 1. The van der Waals surface area contributed by atoms with Gasteiger partial charge in [0.15, 0.2) is 5.82 Å². The van der Waals surface area contributed by atoms with E-state index in [9.17, 15) is 0 Å². The molecule has 2 atom stereocenters. The van der Waals surface area contributed by atoms with Crippen molar-refractivity contribution in [2.24, 2.45) is 5.92 Å². The second-order valence-electron chi connectivity index (χ2n) is 5.30. The fourth-order valence-corrected chi connectivity index (χ4v) is 4.79. The van der Waals surface area contributed by atoms with E-state index in [4.69, 9.17) is 4.52 Å². The molecule has 1 saturated heterocycles. The minimum absolute atomic E-state index is 0.411. The van der Waals surface area contributed by atoms with Crippen molar-refractivity contribution in [3.05, 3.63) is 11.7 Å². The Balaban J connectivity index is 1.92. The smallest absolute Gasteiger partial charge is 0.228 e. The van der Waals surface area contributed by atoms with Gasteiger partial charge in [-0.05, 0) is 19.4 Å². The van der Waals surface area contributed by atoms with Gasteiger partial charge in [-0.25, -0.2) is 0 Å². The lowest BCUT2D eigenvalue weighted by Gasteiger charge is -2.17. The summed E-state index contributed by atoms with van der Waals surface area (Å²) >= 11 is 3.92. The molecular weight excluding hydrogens is 278 g/mol. The Morgan fingerprint density at radius 1 is 1.42 bits per heavy atom. The number of nitrogens with zero attached hydrogens (tertiary/aromatic N) is 2. The summed E-state index contributed by atoms with van der Waals surface area (Å²) < 4.78 is 5.41. The fourth-order valence-electron chi connectivity index (χ4n) is 2.20. The second-order valence-corrected chi connectivity index (χ2v) is 7.76. The summed E-state index contributed by atoms with van der Waals surface area (Å²) in [7, 11) is 2.00. The van der Waals surface area contributed by atoms with Crippen LogP contribution < -0.4 is 5.32 Å². The summed E-state index contributed by atoms with van der Waals surface area (Å²) in [6.45, 7) is 4.47. The molecule has 0 spiro atoms.